The summed E-state index contributed by atoms with van der Waals surface area (Å²) in [6.45, 7) is 0.519. The van der Waals surface area contributed by atoms with Crippen molar-refractivity contribution < 1.29 is 24.5 Å². The third-order valence-electron chi connectivity index (χ3n) is 2.36. The molecule has 7 heteroatoms. The van der Waals surface area contributed by atoms with Crippen LogP contribution in [-0.4, -0.2) is 48.0 Å². The zero-order chi connectivity index (χ0) is 14.8. The fraction of sp³-hybridized carbons (Fsp3) is 0.385. The van der Waals surface area contributed by atoms with Gasteiger partial charge in [0, 0.05) is 6.54 Å². The summed E-state index contributed by atoms with van der Waals surface area (Å²) < 4.78 is 5.43. The number of para-hydroxylation sites is 1. The topological polar surface area (TPSA) is 108 Å². The summed E-state index contributed by atoms with van der Waals surface area (Å²) in [6, 6.07) is 8.79. The van der Waals surface area contributed by atoms with Gasteiger partial charge in [-0.25, -0.2) is 9.59 Å². The number of carbonyl (C=O) groups is 2. The summed E-state index contributed by atoms with van der Waals surface area (Å²) in [6.07, 6.45) is -0.980. The van der Waals surface area contributed by atoms with E-state index in [1.54, 1.807) is 0 Å². The van der Waals surface area contributed by atoms with Crippen molar-refractivity contribution in [2.75, 3.05) is 19.7 Å². The van der Waals surface area contributed by atoms with E-state index < -0.39 is 18.1 Å². The highest BCUT2D eigenvalue weighted by Crippen LogP contribution is 2.07. The lowest BCUT2D eigenvalue weighted by atomic mass is 10.3. The molecule has 0 fully saturated rings. The molecule has 0 aromatic heterocycles. The Kier molecular flexibility index (Phi) is 6.91. The van der Waals surface area contributed by atoms with E-state index in [-0.39, 0.29) is 6.54 Å². The summed E-state index contributed by atoms with van der Waals surface area (Å²) >= 11 is 0. The highest BCUT2D eigenvalue weighted by molar-refractivity contribution is 5.76. The van der Waals surface area contributed by atoms with Crippen molar-refractivity contribution in [3.8, 4) is 5.75 Å². The molecular formula is C13H18N2O5. The van der Waals surface area contributed by atoms with Gasteiger partial charge in [-0.3, -0.25) is 0 Å². The highest BCUT2D eigenvalue weighted by Gasteiger charge is 2.13. The number of hydrogen-bond acceptors (Lipinski definition) is 4. The van der Waals surface area contributed by atoms with E-state index >= 15 is 0 Å². The van der Waals surface area contributed by atoms with Gasteiger partial charge < -0.3 is 25.6 Å². The molecule has 0 saturated carbocycles. The fourth-order valence-electron chi connectivity index (χ4n) is 1.32. The molecule has 0 aliphatic heterocycles. The van der Waals surface area contributed by atoms with Gasteiger partial charge in [-0.2, -0.15) is 0 Å². The fourth-order valence-corrected chi connectivity index (χ4v) is 1.32. The normalized spacial score (nSPS) is 11.4. The van der Waals surface area contributed by atoms with Crippen molar-refractivity contribution >= 4 is 12.0 Å². The highest BCUT2D eigenvalue weighted by atomic mass is 16.5. The molecule has 4 N–H and O–H groups in total. The Bertz CT molecular complexity index is 424. The van der Waals surface area contributed by atoms with E-state index in [2.05, 4.69) is 10.6 Å². The molecule has 0 bridgehead atoms. The van der Waals surface area contributed by atoms with Gasteiger partial charge in [0.05, 0.1) is 13.2 Å². The van der Waals surface area contributed by atoms with Crippen molar-refractivity contribution in [2.45, 2.75) is 12.5 Å². The molecule has 0 unspecified atom stereocenters. The lowest BCUT2D eigenvalue weighted by molar-refractivity contribution is -0.146. The van der Waals surface area contributed by atoms with Gasteiger partial charge in [0.15, 0.2) is 6.10 Å². The average molecular weight is 282 g/mol. The van der Waals surface area contributed by atoms with Crippen LogP contribution < -0.4 is 15.4 Å². The molecule has 110 valence electrons. The van der Waals surface area contributed by atoms with Crippen molar-refractivity contribution in [3.63, 3.8) is 0 Å². The molecule has 0 aliphatic rings. The standard InChI is InChI=1S/C13H18N2O5/c16-11(12(17)18)9-15-13(19)14-7-4-8-20-10-5-2-1-3-6-10/h1-3,5-6,11,16H,4,7-9H2,(H,17,18)(H2,14,15,19)/t11-/m0/s1. The van der Waals surface area contributed by atoms with Crippen LogP contribution in [0.3, 0.4) is 0 Å². The molecule has 1 aromatic carbocycles. The molecule has 1 atom stereocenters. The van der Waals surface area contributed by atoms with Crippen LogP contribution in [-0.2, 0) is 4.79 Å². The predicted octanol–water partition coefficient (Wildman–Crippen LogP) is 0.200. The summed E-state index contributed by atoms with van der Waals surface area (Å²) in [4.78, 5) is 21.5. The Labute approximate surface area is 116 Å². The van der Waals surface area contributed by atoms with Gasteiger partial charge >= 0.3 is 12.0 Å². The average Bonchev–Trinajstić information content (AvgIpc) is 2.45. The van der Waals surface area contributed by atoms with Gasteiger partial charge in [-0.1, -0.05) is 18.2 Å². The number of aliphatic hydroxyl groups excluding tert-OH is 1. The predicted molar refractivity (Wildman–Crippen MR) is 71.6 cm³/mol. The lowest BCUT2D eigenvalue weighted by Crippen LogP contribution is -2.42. The molecule has 7 nitrogen and oxygen atoms in total. The quantitative estimate of drug-likeness (QED) is 0.509. The molecule has 0 aliphatic carbocycles. The van der Waals surface area contributed by atoms with E-state index in [0.29, 0.717) is 19.6 Å². The van der Waals surface area contributed by atoms with Crippen LogP contribution in [0.4, 0.5) is 4.79 Å². The van der Waals surface area contributed by atoms with Gasteiger partial charge in [0.25, 0.3) is 0 Å². The van der Waals surface area contributed by atoms with Crippen LogP contribution in [0, 0.1) is 0 Å². The summed E-state index contributed by atoms with van der Waals surface area (Å²) in [5.74, 6) is -0.608. The Balaban J connectivity index is 2.03. The number of urea groups is 1. The van der Waals surface area contributed by atoms with Gasteiger partial charge in [0.2, 0.25) is 0 Å². The summed E-state index contributed by atoms with van der Waals surface area (Å²) in [5, 5.41) is 22.1. The first-order valence-corrected chi connectivity index (χ1v) is 6.20. The lowest BCUT2D eigenvalue weighted by Gasteiger charge is -2.10. The molecular weight excluding hydrogens is 264 g/mol. The first-order chi connectivity index (χ1) is 9.59. The van der Waals surface area contributed by atoms with E-state index in [4.69, 9.17) is 14.9 Å². The largest absolute Gasteiger partial charge is 0.494 e. The summed E-state index contributed by atoms with van der Waals surface area (Å²) in [5.41, 5.74) is 0. The molecule has 20 heavy (non-hydrogen) atoms. The van der Waals surface area contributed by atoms with Crippen LogP contribution >= 0.6 is 0 Å². The Morgan fingerprint density at radius 2 is 1.90 bits per heavy atom. The monoisotopic (exact) mass is 282 g/mol. The Morgan fingerprint density at radius 3 is 2.55 bits per heavy atom. The van der Waals surface area contributed by atoms with Crippen molar-refractivity contribution in [1.82, 2.24) is 10.6 Å². The minimum Gasteiger partial charge on any atom is -0.494 e. The second-order valence-corrected chi connectivity index (χ2v) is 4.01. The number of carbonyl (C=O) groups excluding carboxylic acids is 1. The number of carboxylic acid groups (broad SMARTS) is 1. The van der Waals surface area contributed by atoms with Gasteiger partial charge in [-0.15, -0.1) is 0 Å². The first-order valence-electron chi connectivity index (χ1n) is 6.20. The number of nitrogens with one attached hydrogen (secondary N) is 2. The molecule has 0 spiro atoms. The molecule has 1 aromatic rings. The molecule has 2 amide bonds. The number of amides is 2. The van der Waals surface area contributed by atoms with E-state index in [1.165, 1.54) is 0 Å². The maximum Gasteiger partial charge on any atom is 0.334 e. The van der Waals surface area contributed by atoms with Crippen LogP contribution in [0.15, 0.2) is 30.3 Å². The van der Waals surface area contributed by atoms with Gasteiger partial charge in [-0.05, 0) is 18.6 Å². The zero-order valence-corrected chi connectivity index (χ0v) is 10.9. The maximum absolute atomic E-state index is 11.2. The van der Waals surface area contributed by atoms with Crippen LogP contribution in [0.1, 0.15) is 6.42 Å². The third-order valence-corrected chi connectivity index (χ3v) is 2.36. The smallest absolute Gasteiger partial charge is 0.334 e. The van der Waals surface area contributed by atoms with Crippen LogP contribution in [0.25, 0.3) is 0 Å². The number of carboxylic acids is 1. The van der Waals surface area contributed by atoms with Crippen LogP contribution in [0.2, 0.25) is 0 Å². The van der Waals surface area contributed by atoms with Crippen molar-refractivity contribution in [2.24, 2.45) is 0 Å². The zero-order valence-electron chi connectivity index (χ0n) is 10.9. The SMILES string of the molecule is O=C(NCCCOc1ccccc1)NC[C@H](O)C(=O)O. The minimum absolute atomic E-state index is 0.332. The molecule has 1 rings (SSSR count). The number of benzene rings is 1. The number of aliphatic hydroxyl groups is 1. The summed E-state index contributed by atoms with van der Waals surface area (Å²) in [7, 11) is 0. The molecule has 0 radical (unpaired) electrons. The number of rotatable bonds is 8. The van der Waals surface area contributed by atoms with E-state index in [0.717, 1.165) is 5.75 Å². The van der Waals surface area contributed by atoms with E-state index in [1.807, 2.05) is 30.3 Å². The van der Waals surface area contributed by atoms with Crippen molar-refractivity contribution in [1.29, 1.82) is 0 Å². The van der Waals surface area contributed by atoms with Crippen LogP contribution in [0.5, 0.6) is 5.75 Å². The van der Waals surface area contributed by atoms with Gasteiger partial charge in [0.1, 0.15) is 5.75 Å². The second kappa shape index (κ2) is 8.76. The Morgan fingerprint density at radius 1 is 1.20 bits per heavy atom. The van der Waals surface area contributed by atoms with E-state index in [9.17, 15) is 9.59 Å². The first kappa shape index (κ1) is 15.8. The third kappa shape index (κ3) is 6.60. The maximum atomic E-state index is 11.2. The number of hydrogen-bond donors (Lipinski definition) is 4. The Hall–Kier alpha value is -2.28. The molecule has 0 saturated heterocycles. The number of aliphatic carboxylic acids is 1. The van der Waals surface area contributed by atoms with Crippen molar-refractivity contribution in [3.05, 3.63) is 30.3 Å². The molecule has 0 heterocycles. The minimum atomic E-state index is -1.60. The number of ether oxygens (including phenoxy) is 1. The second-order valence-electron chi connectivity index (χ2n) is 4.01.